The number of halogens is 4. The monoisotopic (exact) mass is 325 g/mol. The van der Waals surface area contributed by atoms with Crippen molar-refractivity contribution in [3.05, 3.63) is 34.8 Å². The lowest BCUT2D eigenvalue weighted by Crippen LogP contribution is -2.17. The van der Waals surface area contributed by atoms with Crippen LogP contribution in [0.15, 0.2) is 34.8 Å². The molecule has 0 unspecified atom stereocenters. The summed E-state index contributed by atoms with van der Waals surface area (Å²) >= 11 is 2.97. The Morgan fingerprint density at radius 1 is 1.39 bits per heavy atom. The standard InChI is InChI=1S/C11H11BrF3NO2/c1-7(5-16)6-17-8-2-3-10(9(12)4-8)18-11(13,14)15/h2-4H,1,5-6,16H2. The molecule has 7 heteroatoms. The third-order valence-electron chi connectivity index (χ3n) is 1.86. The second kappa shape index (κ2) is 6.10. The average molecular weight is 326 g/mol. The zero-order valence-electron chi connectivity index (χ0n) is 9.26. The van der Waals surface area contributed by atoms with Crippen molar-refractivity contribution in [3.63, 3.8) is 0 Å². The molecule has 0 saturated carbocycles. The lowest BCUT2D eigenvalue weighted by atomic mass is 10.3. The Bertz CT molecular complexity index is 435. The van der Waals surface area contributed by atoms with Crippen molar-refractivity contribution in [2.45, 2.75) is 6.36 Å². The molecule has 0 aliphatic carbocycles. The van der Waals surface area contributed by atoms with Crippen LogP contribution in [0.5, 0.6) is 11.5 Å². The molecule has 0 bridgehead atoms. The summed E-state index contributed by atoms with van der Waals surface area (Å²) in [5.41, 5.74) is 6.01. The van der Waals surface area contributed by atoms with E-state index < -0.39 is 6.36 Å². The Morgan fingerprint density at radius 2 is 2.06 bits per heavy atom. The SMILES string of the molecule is C=C(CN)COc1ccc(OC(F)(F)F)c(Br)c1. The third-order valence-corrected chi connectivity index (χ3v) is 2.48. The molecule has 1 aromatic rings. The summed E-state index contributed by atoms with van der Waals surface area (Å²) in [7, 11) is 0. The average Bonchev–Trinajstić information content (AvgIpc) is 2.27. The van der Waals surface area contributed by atoms with E-state index in [1.165, 1.54) is 12.1 Å². The summed E-state index contributed by atoms with van der Waals surface area (Å²) in [4.78, 5) is 0. The van der Waals surface area contributed by atoms with Crippen molar-refractivity contribution in [2.75, 3.05) is 13.2 Å². The molecule has 0 amide bonds. The maximum Gasteiger partial charge on any atom is 0.573 e. The Balaban J connectivity index is 2.70. The van der Waals surface area contributed by atoms with Gasteiger partial charge in [0.2, 0.25) is 0 Å². The fourth-order valence-electron chi connectivity index (χ4n) is 1.02. The number of alkyl halides is 3. The highest BCUT2D eigenvalue weighted by Gasteiger charge is 2.31. The molecule has 0 aliphatic rings. The number of hydrogen-bond donors (Lipinski definition) is 1. The number of rotatable bonds is 5. The van der Waals surface area contributed by atoms with Gasteiger partial charge < -0.3 is 15.2 Å². The normalized spacial score (nSPS) is 11.2. The highest BCUT2D eigenvalue weighted by Crippen LogP contribution is 2.33. The fourth-order valence-corrected chi connectivity index (χ4v) is 1.46. The first-order valence-corrected chi connectivity index (χ1v) is 5.66. The van der Waals surface area contributed by atoms with Crippen LogP contribution >= 0.6 is 15.9 Å². The van der Waals surface area contributed by atoms with Gasteiger partial charge in [-0.2, -0.15) is 0 Å². The first-order chi connectivity index (χ1) is 8.31. The first kappa shape index (κ1) is 14.8. The Kier molecular flexibility index (Phi) is 5.03. The first-order valence-electron chi connectivity index (χ1n) is 4.86. The van der Waals surface area contributed by atoms with Crippen molar-refractivity contribution in [1.82, 2.24) is 0 Å². The molecule has 0 spiro atoms. The van der Waals surface area contributed by atoms with E-state index in [-0.39, 0.29) is 23.4 Å². The Morgan fingerprint density at radius 3 is 2.56 bits per heavy atom. The molecule has 0 aliphatic heterocycles. The van der Waals surface area contributed by atoms with Crippen LogP contribution in [0, 0.1) is 0 Å². The van der Waals surface area contributed by atoms with Crippen LogP contribution in [-0.4, -0.2) is 19.5 Å². The highest BCUT2D eigenvalue weighted by molar-refractivity contribution is 9.10. The van der Waals surface area contributed by atoms with E-state index in [0.717, 1.165) is 6.07 Å². The largest absolute Gasteiger partial charge is 0.573 e. The van der Waals surface area contributed by atoms with Gasteiger partial charge in [-0.15, -0.1) is 13.2 Å². The van der Waals surface area contributed by atoms with Crippen LogP contribution in [0.2, 0.25) is 0 Å². The van der Waals surface area contributed by atoms with E-state index in [9.17, 15) is 13.2 Å². The number of ether oxygens (including phenoxy) is 2. The van der Waals surface area contributed by atoms with Crippen LogP contribution in [0.1, 0.15) is 0 Å². The molecule has 1 rings (SSSR count). The van der Waals surface area contributed by atoms with E-state index in [1.807, 2.05) is 0 Å². The van der Waals surface area contributed by atoms with Crippen molar-refractivity contribution in [2.24, 2.45) is 5.73 Å². The van der Waals surface area contributed by atoms with E-state index in [2.05, 4.69) is 27.2 Å². The van der Waals surface area contributed by atoms with E-state index in [0.29, 0.717) is 11.3 Å². The molecule has 100 valence electrons. The maximum absolute atomic E-state index is 12.0. The zero-order chi connectivity index (χ0) is 13.8. The van der Waals surface area contributed by atoms with Crippen LogP contribution in [0.3, 0.4) is 0 Å². The van der Waals surface area contributed by atoms with Crippen LogP contribution in [-0.2, 0) is 0 Å². The van der Waals surface area contributed by atoms with Crippen LogP contribution < -0.4 is 15.2 Å². The maximum atomic E-state index is 12.0. The molecule has 0 fully saturated rings. The predicted molar refractivity (Wildman–Crippen MR) is 64.5 cm³/mol. The molecule has 0 radical (unpaired) electrons. The van der Waals surface area contributed by atoms with Gasteiger partial charge in [-0.05, 0) is 39.7 Å². The van der Waals surface area contributed by atoms with Crippen molar-refractivity contribution < 1.29 is 22.6 Å². The zero-order valence-corrected chi connectivity index (χ0v) is 10.8. The quantitative estimate of drug-likeness (QED) is 0.845. The Labute approximate surface area is 110 Å². The van der Waals surface area contributed by atoms with Gasteiger partial charge in [0.1, 0.15) is 18.1 Å². The van der Waals surface area contributed by atoms with Gasteiger partial charge in [0.15, 0.2) is 0 Å². The van der Waals surface area contributed by atoms with Crippen molar-refractivity contribution >= 4 is 15.9 Å². The number of nitrogens with two attached hydrogens (primary N) is 1. The van der Waals surface area contributed by atoms with Crippen LogP contribution in [0.4, 0.5) is 13.2 Å². The summed E-state index contributed by atoms with van der Waals surface area (Å²) in [6.45, 7) is 4.14. The summed E-state index contributed by atoms with van der Waals surface area (Å²) in [5, 5.41) is 0. The van der Waals surface area contributed by atoms with Gasteiger partial charge in [0.05, 0.1) is 4.47 Å². The van der Waals surface area contributed by atoms with Gasteiger partial charge in [-0.3, -0.25) is 0 Å². The van der Waals surface area contributed by atoms with Gasteiger partial charge >= 0.3 is 6.36 Å². The Hall–Kier alpha value is -1.21. The molecule has 1 aromatic carbocycles. The minimum absolute atomic E-state index is 0.149. The summed E-state index contributed by atoms with van der Waals surface area (Å²) in [5.74, 6) is 0.0681. The van der Waals surface area contributed by atoms with Gasteiger partial charge in [-0.25, -0.2) is 0 Å². The molecular formula is C11H11BrF3NO2. The van der Waals surface area contributed by atoms with E-state index in [1.54, 1.807) is 0 Å². The minimum atomic E-state index is -4.72. The van der Waals surface area contributed by atoms with Gasteiger partial charge in [0, 0.05) is 6.54 Å². The lowest BCUT2D eigenvalue weighted by Gasteiger charge is -2.12. The van der Waals surface area contributed by atoms with E-state index >= 15 is 0 Å². The van der Waals surface area contributed by atoms with Gasteiger partial charge in [-0.1, -0.05) is 6.58 Å². The molecule has 18 heavy (non-hydrogen) atoms. The van der Waals surface area contributed by atoms with Crippen LogP contribution in [0.25, 0.3) is 0 Å². The molecule has 0 aromatic heterocycles. The second-order valence-corrected chi connectivity index (χ2v) is 4.24. The molecule has 0 atom stereocenters. The lowest BCUT2D eigenvalue weighted by molar-refractivity contribution is -0.274. The fraction of sp³-hybridized carbons (Fsp3) is 0.273. The summed E-state index contributed by atoms with van der Waals surface area (Å²) < 4.78 is 45.3. The molecular weight excluding hydrogens is 315 g/mol. The molecule has 3 nitrogen and oxygen atoms in total. The summed E-state index contributed by atoms with van der Waals surface area (Å²) in [6.07, 6.45) is -4.72. The number of benzene rings is 1. The van der Waals surface area contributed by atoms with E-state index in [4.69, 9.17) is 10.5 Å². The molecule has 2 N–H and O–H groups in total. The molecule has 0 heterocycles. The molecule has 0 saturated heterocycles. The summed E-state index contributed by atoms with van der Waals surface area (Å²) in [6, 6.07) is 3.92. The highest BCUT2D eigenvalue weighted by atomic mass is 79.9. The third kappa shape index (κ3) is 4.97. The van der Waals surface area contributed by atoms with Gasteiger partial charge in [0.25, 0.3) is 0 Å². The minimum Gasteiger partial charge on any atom is -0.489 e. The van der Waals surface area contributed by atoms with Crippen molar-refractivity contribution in [3.8, 4) is 11.5 Å². The predicted octanol–water partition coefficient (Wildman–Crippen LogP) is 3.24. The number of hydrogen-bond acceptors (Lipinski definition) is 3. The van der Waals surface area contributed by atoms with Crippen molar-refractivity contribution in [1.29, 1.82) is 0 Å². The smallest absolute Gasteiger partial charge is 0.489 e. The topological polar surface area (TPSA) is 44.5 Å². The second-order valence-electron chi connectivity index (χ2n) is 3.38.